The summed E-state index contributed by atoms with van der Waals surface area (Å²) in [6.45, 7) is 3.64. The van der Waals surface area contributed by atoms with Crippen molar-refractivity contribution in [3.63, 3.8) is 0 Å². The first-order valence-electron chi connectivity index (χ1n) is 4.76. The topological polar surface area (TPSA) is 54.4 Å². The molecule has 0 bridgehead atoms. The zero-order valence-corrected chi connectivity index (χ0v) is 10.3. The summed E-state index contributed by atoms with van der Waals surface area (Å²) in [5, 5.41) is 1.55. The molecule has 0 radical (unpaired) electrons. The zero-order chi connectivity index (χ0) is 12.6. The lowest BCUT2D eigenvalue weighted by atomic mass is 10.0. The quantitative estimate of drug-likeness (QED) is 0.850. The van der Waals surface area contributed by atoms with E-state index >= 15 is 0 Å². The third kappa shape index (κ3) is 2.07. The number of hydrogen-bond acceptors (Lipinski definition) is 2. The number of halogens is 1. The summed E-state index contributed by atoms with van der Waals surface area (Å²) in [7, 11) is -4.24. The second-order valence-corrected chi connectivity index (χ2v) is 5.29. The van der Waals surface area contributed by atoms with E-state index < -0.39 is 10.1 Å². The van der Waals surface area contributed by atoms with E-state index in [2.05, 4.69) is 6.58 Å². The Labute approximate surface area is 104 Å². The SMILES string of the molecule is C=Cc1c(Cl)ccc2c(S(=O)(=O)O)cccc12. The Kier molecular flexibility index (Phi) is 2.95. The normalized spacial score (nSPS) is 11.6. The molecule has 0 saturated heterocycles. The van der Waals surface area contributed by atoms with E-state index in [4.69, 9.17) is 16.2 Å². The van der Waals surface area contributed by atoms with Crippen molar-refractivity contribution in [2.24, 2.45) is 0 Å². The van der Waals surface area contributed by atoms with Gasteiger partial charge in [-0.1, -0.05) is 42.5 Å². The predicted octanol–water partition coefficient (Wildman–Crippen LogP) is 3.38. The van der Waals surface area contributed by atoms with Gasteiger partial charge in [0, 0.05) is 16.0 Å². The van der Waals surface area contributed by atoms with E-state index in [-0.39, 0.29) is 4.90 Å². The molecular formula is C12H9ClO3S. The minimum Gasteiger partial charge on any atom is -0.282 e. The van der Waals surface area contributed by atoms with Crippen LogP contribution >= 0.6 is 11.6 Å². The molecular weight excluding hydrogens is 260 g/mol. The second-order valence-electron chi connectivity index (χ2n) is 3.49. The van der Waals surface area contributed by atoms with Crippen LogP contribution in [-0.4, -0.2) is 13.0 Å². The van der Waals surface area contributed by atoms with Crippen LogP contribution < -0.4 is 0 Å². The van der Waals surface area contributed by atoms with Crippen LogP contribution in [0, 0.1) is 0 Å². The lowest BCUT2D eigenvalue weighted by Crippen LogP contribution is -1.99. The first-order valence-corrected chi connectivity index (χ1v) is 6.58. The summed E-state index contributed by atoms with van der Waals surface area (Å²) in [6, 6.07) is 7.77. The van der Waals surface area contributed by atoms with Crippen molar-refractivity contribution in [2.45, 2.75) is 4.90 Å². The minimum atomic E-state index is -4.24. The van der Waals surface area contributed by atoms with Gasteiger partial charge in [-0.2, -0.15) is 8.42 Å². The maximum Gasteiger partial charge on any atom is 0.295 e. The molecule has 0 atom stereocenters. The van der Waals surface area contributed by atoms with Crippen molar-refractivity contribution in [1.29, 1.82) is 0 Å². The van der Waals surface area contributed by atoms with Gasteiger partial charge in [0.05, 0.1) is 0 Å². The highest BCUT2D eigenvalue weighted by atomic mass is 35.5. The maximum atomic E-state index is 11.2. The van der Waals surface area contributed by atoms with Gasteiger partial charge in [-0.05, 0) is 17.5 Å². The molecule has 2 rings (SSSR count). The van der Waals surface area contributed by atoms with Crippen molar-refractivity contribution in [3.05, 3.63) is 47.5 Å². The molecule has 0 aromatic heterocycles. The van der Waals surface area contributed by atoms with Crippen LogP contribution in [0.3, 0.4) is 0 Å². The predicted molar refractivity (Wildman–Crippen MR) is 68.9 cm³/mol. The van der Waals surface area contributed by atoms with E-state index in [1.54, 1.807) is 30.3 Å². The lowest BCUT2D eigenvalue weighted by Gasteiger charge is -2.07. The van der Waals surface area contributed by atoms with E-state index in [0.29, 0.717) is 21.4 Å². The molecule has 0 aliphatic carbocycles. The number of fused-ring (bicyclic) bond motifs is 1. The summed E-state index contributed by atoms with van der Waals surface area (Å²) in [5.74, 6) is 0. The lowest BCUT2D eigenvalue weighted by molar-refractivity contribution is 0.484. The van der Waals surface area contributed by atoms with E-state index in [0.717, 1.165) is 0 Å². The fourth-order valence-corrected chi connectivity index (χ4v) is 2.71. The second kappa shape index (κ2) is 4.14. The number of benzene rings is 2. The van der Waals surface area contributed by atoms with Gasteiger partial charge in [-0.25, -0.2) is 0 Å². The minimum absolute atomic E-state index is 0.130. The van der Waals surface area contributed by atoms with Gasteiger partial charge in [0.25, 0.3) is 10.1 Å². The summed E-state index contributed by atoms with van der Waals surface area (Å²) >= 11 is 5.99. The molecule has 0 heterocycles. The van der Waals surface area contributed by atoms with Gasteiger partial charge in [0.15, 0.2) is 0 Å². The van der Waals surface area contributed by atoms with Gasteiger partial charge in [0.2, 0.25) is 0 Å². The van der Waals surface area contributed by atoms with Gasteiger partial charge >= 0.3 is 0 Å². The van der Waals surface area contributed by atoms with Crippen molar-refractivity contribution in [1.82, 2.24) is 0 Å². The Bertz CT molecular complexity index is 705. The first-order chi connectivity index (χ1) is 7.95. The van der Waals surface area contributed by atoms with E-state index in [9.17, 15) is 8.42 Å². The van der Waals surface area contributed by atoms with Crippen molar-refractivity contribution >= 4 is 38.6 Å². The molecule has 1 N–H and O–H groups in total. The Hall–Kier alpha value is -1.36. The van der Waals surface area contributed by atoms with Crippen LogP contribution in [0.4, 0.5) is 0 Å². The fraction of sp³-hybridized carbons (Fsp3) is 0. The number of rotatable bonds is 2. The molecule has 88 valence electrons. The largest absolute Gasteiger partial charge is 0.295 e. The molecule has 2 aromatic rings. The molecule has 3 nitrogen and oxygen atoms in total. The Balaban J connectivity index is 2.99. The highest BCUT2D eigenvalue weighted by molar-refractivity contribution is 7.86. The summed E-state index contributed by atoms with van der Waals surface area (Å²) in [5.41, 5.74) is 0.648. The average molecular weight is 269 g/mol. The number of hydrogen-bond donors (Lipinski definition) is 1. The molecule has 5 heteroatoms. The fourth-order valence-electron chi connectivity index (χ4n) is 1.76. The van der Waals surface area contributed by atoms with E-state index in [1.807, 2.05) is 0 Å². The van der Waals surface area contributed by atoms with Crippen LogP contribution in [-0.2, 0) is 10.1 Å². The zero-order valence-electron chi connectivity index (χ0n) is 8.72. The highest BCUT2D eigenvalue weighted by Crippen LogP contribution is 2.30. The Morgan fingerprint density at radius 3 is 2.47 bits per heavy atom. The molecule has 0 spiro atoms. The van der Waals surface area contributed by atoms with Gasteiger partial charge in [-0.3, -0.25) is 4.55 Å². The molecule has 2 aromatic carbocycles. The van der Waals surface area contributed by atoms with Crippen LogP contribution in [0.15, 0.2) is 41.8 Å². The maximum absolute atomic E-state index is 11.2. The molecule has 0 aliphatic rings. The first kappa shape index (κ1) is 12.1. The third-order valence-corrected chi connectivity index (χ3v) is 3.73. The molecule has 0 amide bonds. The van der Waals surface area contributed by atoms with Crippen molar-refractivity contribution < 1.29 is 13.0 Å². The highest BCUT2D eigenvalue weighted by Gasteiger charge is 2.15. The average Bonchev–Trinajstić information content (AvgIpc) is 2.26. The Morgan fingerprint density at radius 2 is 1.88 bits per heavy atom. The van der Waals surface area contributed by atoms with Gasteiger partial charge in [-0.15, -0.1) is 0 Å². The Morgan fingerprint density at radius 1 is 1.18 bits per heavy atom. The summed E-state index contributed by atoms with van der Waals surface area (Å²) < 4.78 is 31.6. The molecule has 0 saturated carbocycles. The van der Waals surface area contributed by atoms with Gasteiger partial charge < -0.3 is 0 Å². The molecule has 17 heavy (non-hydrogen) atoms. The van der Waals surface area contributed by atoms with Crippen LogP contribution in [0.2, 0.25) is 5.02 Å². The van der Waals surface area contributed by atoms with Crippen LogP contribution in [0.1, 0.15) is 5.56 Å². The van der Waals surface area contributed by atoms with E-state index in [1.165, 1.54) is 6.07 Å². The van der Waals surface area contributed by atoms with Crippen molar-refractivity contribution in [3.8, 4) is 0 Å². The van der Waals surface area contributed by atoms with Crippen LogP contribution in [0.25, 0.3) is 16.8 Å². The monoisotopic (exact) mass is 268 g/mol. The summed E-state index contributed by atoms with van der Waals surface area (Å²) in [4.78, 5) is -0.130. The van der Waals surface area contributed by atoms with Crippen molar-refractivity contribution in [2.75, 3.05) is 0 Å². The standard InChI is InChI=1S/C12H9ClO3S/c1-2-8-9-4-3-5-12(17(14,15)16)10(9)6-7-11(8)13/h2-7H,1H2,(H,14,15,16). The third-order valence-electron chi connectivity index (χ3n) is 2.49. The van der Waals surface area contributed by atoms with Crippen LogP contribution in [0.5, 0.6) is 0 Å². The van der Waals surface area contributed by atoms with Gasteiger partial charge in [0.1, 0.15) is 4.90 Å². The smallest absolute Gasteiger partial charge is 0.282 e. The molecule has 0 fully saturated rings. The molecule has 0 aliphatic heterocycles. The summed E-state index contributed by atoms with van der Waals surface area (Å²) in [6.07, 6.45) is 1.55. The molecule has 0 unspecified atom stereocenters.